The van der Waals surface area contributed by atoms with Crippen LogP contribution in [0.4, 0.5) is 5.69 Å². The van der Waals surface area contributed by atoms with E-state index in [1.807, 2.05) is 19.1 Å². The lowest BCUT2D eigenvalue weighted by molar-refractivity contribution is -0.385. The average molecular weight is 251 g/mol. The minimum atomic E-state index is -0.674. The monoisotopic (exact) mass is 251 g/mol. The molecule has 0 unspecified atom stereocenters. The van der Waals surface area contributed by atoms with Crippen LogP contribution in [0.5, 0.6) is 0 Å². The van der Waals surface area contributed by atoms with E-state index in [4.69, 9.17) is 0 Å². The molecule has 0 fully saturated rings. The van der Waals surface area contributed by atoms with Gasteiger partial charge in [-0.3, -0.25) is 19.7 Å². The molecule has 7 nitrogen and oxygen atoms in total. The first-order valence-corrected chi connectivity index (χ1v) is 5.32. The molecule has 0 radical (unpaired) electrons. The number of nitro groups is 1. The fourth-order valence-electron chi connectivity index (χ4n) is 1.28. The number of amides is 1. The van der Waals surface area contributed by atoms with Crippen LogP contribution in [0, 0.1) is 10.1 Å². The number of aromatic amines is 1. The van der Waals surface area contributed by atoms with Gasteiger partial charge in [0.05, 0.1) is 11.1 Å². The Morgan fingerprint density at radius 3 is 2.94 bits per heavy atom. The van der Waals surface area contributed by atoms with Gasteiger partial charge in [0.25, 0.3) is 17.2 Å². The van der Waals surface area contributed by atoms with E-state index in [1.54, 1.807) is 0 Å². The molecule has 7 heteroatoms. The van der Waals surface area contributed by atoms with Crippen molar-refractivity contribution in [1.29, 1.82) is 0 Å². The Morgan fingerprint density at radius 1 is 1.61 bits per heavy atom. The van der Waals surface area contributed by atoms with Gasteiger partial charge in [-0.2, -0.15) is 0 Å². The molecule has 1 heterocycles. The third-order valence-corrected chi connectivity index (χ3v) is 2.18. The maximum atomic E-state index is 11.6. The maximum absolute atomic E-state index is 11.6. The maximum Gasteiger partial charge on any atom is 0.286 e. The second-order valence-corrected chi connectivity index (χ2v) is 3.47. The summed E-state index contributed by atoms with van der Waals surface area (Å²) in [5, 5.41) is 13.0. The van der Waals surface area contributed by atoms with Crippen LogP contribution >= 0.6 is 0 Å². The Balaban J connectivity index is 2.81. The van der Waals surface area contributed by atoms with Crippen LogP contribution in [-0.2, 0) is 0 Å². The predicted molar refractivity (Wildman–Crippen MR) is 65.5 cm³/mol. The van der Waals surface area contributed by atoms with Gasteiger partial charge in [0.1, 0.15) is 5.56 Å². The van der Waals surface area contributed by atoms with Gasteiger partial charge in [-0.25, -0.2) is 0 Å². The summed E-state index contributed by atoms with van der Waals surface area (Å²) in [6.07, 6.45) is 5.29. The molecule has 0 spiro atoms. The van der Waals surface area contributed by atoms with E-state index in [2.05, 4.69) is 10.3 Å². The highest BCUT2D eigenvalue weighted by molar-refractivity contribution is 5.94. The number of pyridine rings is 1. The first-order valence-electron chi connectivity index (χ1n) is 5.32. The smallest absolute Gasteiger partial charge is 0.286 e. The van der Waals surface area contributed by atoms with Crippen molar-refractivity contribution < 1.29 is 9.72 Å². The molecule has 0 aliphatic rings. The Morgan fingerprint density at radius 2 is 2.33 bits per heavy atom. The van der Waals surface area contributed by atoms with Gasteiger partial charge in [0.2, 0.25) is 0 Å². The van der Waals surface area contributed by atoms with Crippen molar-refractivity contribution in [3.05, 3.63) is 50.4 Å². The van der Waals surface area contributed by atoms with Crippen LogP contribution < -0.4 is 10.9 Å². The van der Waals surface area contributed by atoms with E-state index >= 15 is 0 Å². The van der Waals surface area contributed by atoms with E-state index < -0.39 is 16.4 Å². The zero-order valence-corrected chi connectivity index (χ0v) is 9.80. The Hall–Kier alpha value is -2.44. The highest BCUT2D eigenvalue weighted by Gasteiger charge is 2.15. The van der Waals surface area contributed by atoms with Gasteiger partial charge in [0, 0.05) is 12.6 Å². The van der Waals surface area contributed by atoms with Gasteiger partial charge in [0.15, 0.2) is 0 Å². The minimum absolute atomic E-state index is 0.260. The third kappa shape index (κ3) is 3.55. The van der Waals surface area contributed by atoms with Gasteiger partial charge in [-0.05, 0) is 13.3 Å². The van der Waals surface area contributed by atoms with E-state index in [-0.39, 0.29) is 11.3 Å². The number of nitrogens with one attached hydrogen (secondary N) is 2. The molecule has 0 aliphatic carbocycles. The molecular formula is C11H13N3O4. The quantitative estimate of drug-likeness (QED) is 0.352. The highest BCUT2D eigenvalue weighted by Crippen LogP contribution is 2.07. The fraction of sp³-hybridized carbons (Fsp3) is 0.273. The largest absolute Gasteiger partial charge is 0.352 e. The molecule has 0 aromatic carbocycles. The minimum Gasteiger partial charge on any atom is -0.352 e. The number of carbonyl (C=O) groups is 1. The number of aromatic nitrogens is 1. The van der Waals surface area contributed by atoms with Gasteiger partial charge in [-0.1, -0.05) is 12.2 Å². The van der Waals surface area contributed by atoms with Crippen molar-refractivity contribution >= 4 is 11.6 Å². The molecular weight excluding hydrogens is 238 g/mol. The molecule has 0 saturated carbocycles. The first kappa shape index (κ1) is 13.6. The number of hydrogen-bond donors (Lipinski definition) is 2. The third-order valence-electron chi connectivity index (χ3n) is 2.18. The average Bonchev–Trinajstić information content (AvgIpc) is 2.34. The molecule has 0 saturated heterocycles. The summed E-state index contributed by atoms with van der Waals surface area (Å²) in [4.78, 5) is 35.0. The van der Waals surface area contributed by atoms with Crippen LogP contribution in [-0.4, -0.2) is 22.4 Å². The number of nitrogens with zero attached hydrogens (tertiary/aromatic N) is 1. The summed E-state index contributed by atoms with van der Waals surface area (Å²) in [6, 6.07) is 0.962. The van der Waals surface area contributed by atoms with Crippen molar-refractivity contribution in [2.24, 2.45) is 0 Å². The Bertz CT molecular complexity index is 533. The molecule has 18 heavy (non-hydrogen) atoms. The van der Waals surface area contributed by atoms with Gasteiger partial charge < -0.3 is 10.3 Å². The fourth-order valence-corrected chi connectivity index (χ4v) is 1.28. The molecule has 1 amide bonds. The van der Waals surface area contributed by atoms with Gasteiger partial charge in [-0.15, -0.1) is 0 Å². The Kier molecular flexibility index (Phi) is 4.79. The first-order chi connectivity index (χ1) is 8.56. The molecule has 0 aliphatic heterocycles. The van der Waals surface area contributed by atoms with E-state index in [0.717, 1.165) is 12.3 Å². The van der Waals surface area contributed by atoms with Crippen LogP contribution in [0.25, 0.3) is 0 Å². The summed E-state index contributed by atoms with van der Waals surface area (Å²) in [6.45, 7) is 2.22. The molecule has 1 rings (SSSR count). The molecule has 1 aromatic rings. The van der Waals surface area contributed by atoms with Crippen LogP contribution in [0.15, 0.2) is 29.2 Å². The van der Waals surface area contributed by atoms with E-state index in [9.17, 15) is 19.7 Å². The van der Waals surface area contributed by atoms with Crippen LogP contribution in [0.2, 0.25) is 0 Å². The number of H-pyrrole nitrogens is 1. The SMILES string of the molecule is C/C=C/CCNC(=O)c1cc([N+](=O)[O-])c[nH]c1=O. The summed E-state index contributed by atoms with van der Waals surface area (Å²) >= 11 is 0. The normalized spacial score (nSPS) is 10.5. The zero-order valence-electron chi connectivity index (χ0n) is 9.80. The topological polar surface area (TPSA) is 105 Å². The van der Waals surface area contributed by atoms with Crippen molar-refractivity contribution in [2.45, 2.75) is 13.3 Å². The predicted octanol–water partition coefficient (Wildman–Crippen LogP) is 0.979. The Labute approximate surface area is 103 Å². The van der Waals surface area contributed by atoms with Crippen LogP contribution in [0.3, 0.4) is 0 Å². The lowest BCUT2D eigenvalue weighted by atomic mass is 10.2. The second-order valence-electron chi connectivity index (χ2n) is 3.47. The van der Waals surface area contributed by atoms with Crippen molar-refractivity contribution in [2.75, 3.05) is 6.54 Å². The molecule has 0 bridgehead atoms. The van der Waals surface area contributed by atoms with Crippen LogP contribution in [0.1, 0.15) is 23.7 Å². The van der Waals surface area contributed by atoms with E-state index in [1.165, 1.54) is 0 Å². The van der Waals surface area contributed by atoms with Crippen molar-refractivity contribution in [1.82, 2.24) is 10.3 Å². The summed E-state index contributed by atoms with van der Waals surface area (Å²) < 4.78 is 0. The van der Waals surface area contributed by atoms with Crippen molar-refractivity contribution in [3.8, 4) is 0 Å². The highest BCUT2D eigenvalue weighted by atomic mass is 16.6. The second kappa shape index (κ2) is 6.33. The van der Waals surface area contributed by atoms with E-state index in [0.29, 0.717) is 13.0 Å². The summed E-state index contributed by atoms with van der Waals surface area (Å²) in [5.41, 5.74) is -1.23. The number of rotatable bonds is 5. The number of allylic oxidation sites excluding steroid dienone is 1. The molecule has 1 aromatic heterocycles. The summed E-state index contributed by atoms with van der Waals surface area (Å²) in [7, 11) is 0. The lowest BCUT2D eigenvalue weighted by Gasteiger charge is -2.02. The number of hydrogen-bond acceptors (Lipinski definition) is 4. The van der Waals surface area contributed by atoms with Crippen molar-refractivity contribution in [3.63, 3.8) is 0 Å². The molecule has 0 atom stereocenters. The molecule has 96 valence electrons. The standard InChI is InChI=1S/C11H13N3O4/c1-2-3-4-5-12-10(15)9-6-8(14(17)18)7-13-11(9)16/h2-3,6-7H,4-5H2,1H3,(H,12,15)(H,13,16)/b3-2+. The number of carbonyl (C=O) groups excluding carboxylic acids is 1. The zero-order chi connectivity index (χ0) is 13.5. The van der Waals surface area contributed by atoms with Gasteiger partial charge >= 0.3 is 0 Å². The lowest BCUT2D eigenvalue weighted by Crippen LogP contribution is -2.30. The summed E-state index contributed by atoms with van der Waals surface area (Å²) in [5.74, 6) is -0.621. The molecule has 2 N–H and O–H groups in total.